The van der Waals surface area contributed by atoms with E-state index in [4.69, 9.17) is 9.88 Å². The first kappa shape index (κ1) is 19.4. The van der Waals surface area contributed by atoms with Gasteiger partial charge in [-0.3, -0.25) is 0 Å². The lowest BCUT2D eigenvalue weighted by atomic mass is 9.91. The van der Waals surface area contributed by atoms with Crippen LogP contribution in [0.4, 0.5) is 0 Å². The van der Waals surface area contributed by atoms with E-state index in [9.17, 15) is 8.42 Å². The highest BCUT2D eigenvalue weighted by molar-refractivity contribution is 7.99. The Balaban J connectivity index is 1.64. The Morgan fingerprint density at radius 1 is 0.900 bits per heavy atom. The zero-order chi connectivity index (χ0) is 20.7. The summed E-state index contributed by atoms with van der Waals surface area (Å²) in [6, 6.07) is 21.3. The second-order valence-electron chi connectivity index (χ2n) is 7.54. The Hall–Kier alpha value is -2.54. The third-order valence-corrected chi connectivity index (χ3v) is 7.66. The molecule has 2 aliphatic rings. The van der Waals surface area contributed by atoms with Crippen molar-refractivity contribution in [1.29, 1.82) is 0 Å². The van der Waals surface area contributed by atoms with Crippen molar-refractivity contribution in [2.75, 3.05) is 5.75 Å². The van der Waals surface area contributed by atoms with Crippen LogP contribution in [0.15, 0.2) is 76.5 Å². The van der Waals surface area contributed by atoms with Gasteiger partial charge in [-0.25, -0.2) is 13.6 Å². The molecule has 4 nitrogen and oxygen atoms in total. The molecule has 2 aliphatic heterocycles. The molecule has 152 valence electrons. The van der Waals surface area contributed by atoms with Gasteiger partial charge in [-0.1, -0.05) is 30.3 Å². The number of primary sulfonamides is 1. The largest absolute Gasteiger partial charge is 0.456 e. The van der Waals surface area contributed by atoms with E-state index in [1.807, 2.05) is 30.0 Å². The Morgan fingerprint density at radius 2 is 1.67 bits per heavy atom. The molecule has 3 aromatic rings. The van der Waals surface area contributed by atoms with Crippen molar-refractivity contribution in [3.05, 3.63) is 89.0 Å². The van der Waals surface area contributed by atoms with Crippen LogP contribution >= 0.6 is 11.8 Å². The first-order valence-corrected chi connectivity index (χ1v) is 12.4. The normalized spacial score (nSPS) is 15.9. The maximum Gasteiger partial charge on any atom is 0.238 e. The van der Waals surface area contributed by atoms with Gasteiger partial charge < -0.3 is 4.74 Å². The van der Waals surface area contributed by atoms with Gasteiger partial charge >= 0.3 is 0 Å². The highest BCUT2D eigenvalue weighted by Crippen LogP contribution is 2.41. The van der Waals surface area contributed by atoms with Crippen LogP contribution in [-0.2, 0) is 22.9 Å². The monoisotopic (exact) mass is 435 g/mol. The first-order chi connectivity index (χ1) is 14.5. The number of sulfonamides is 1. The van der Waals surface area contributed by atoms with Crippen molar-refractivity contribution in [2.45, 2.75) is 29.1 Å². The fourth-order valence-corrected chi connectivity index (χ4v) is 5.54. The summed E-state index contributed by atoms with van der Waals surface area (Å²) >= 11 is 1.92. The molecule has 0 bridgehead atoms. The average Bonchev–Trinajstić information content (AvgIpc) is 2.77. The predicted octanol–water partition coefficient (Wildman–Crippen LogP) is 4.88. The number of aryl methyl sites for hydroxylation is 1. The zero-order valence-electron chi connectivity index (χ0n) is 16.3. The van der Waals surface area contributed by atoms with Crippen LogP contribution in [0.2, 0.25) is 0 Å². The summed E-state index contributed by atoms with van der Waals surface area (Å²) in [4.78, 5) is 1.46. The molecule has 5 rings (SSSR count). The molecule has 0 spiro atoms. The lowest BCUT2D eigenvalue weighted by molar-refractivity contribution is 0.502. The van der Waals surface area contributed by atoms with E-state index in [0.717, 1.165) is 46.6 Å². The minimum absolute atomic E-state index is 0.0930. The number of hydrogen-bond acceptors (Lipinski definition) is 4. The van der Waals surface area contributed by atoms with Crippen molar-refractivity contribution in [1.82, 2.24) is 0 Å². The van der Waals surface area contributed by atoms with Crippen molar-refractivity contribution in [3.8, 4) is 5.75 Å². The first-order valence-electron chi connectivity index (χ1n) is 9.87. The van der Waals surface area contributed by atoms with Crippen LogP contribution in [0, 0.1) is 0 Å². The van der Waals surface area contributed by atoms with E-state index in [1.165, 1.54) is 34.8 Å². The highest BCUT2D eigenvalue weighted by Gasteiger charge is 2.23. The quantitative estimate of drug-likeness (QED) is 0.637. The molecule has 0 aromatic heterocycles. The average molecular weight is 436 g/mol. The lowest BCUT2D eigenvalue weighted by Crippen LogP contribution is -2.13. The summed E-state index contributed by atoms with van der Waals surface area (Å²) in [6.07, 6.45) is 3.05. The Labute approximate surface area is 180 Å². The highest BCUT2D eigenvalue weighted by atomic mass is 32.2. The molecule has 0 saturated carbocycles. The fourth-order valence-electron chi connectivity index (χ4n) is 4.00. The van der Waals surface area contributed by atoms with Gasteiger partial charge in [-0.15, -0.1) is 11.8 Å². The van der Waals surface area contributed by atoms with E-state index in [2.05, 4.69) is 24.3 Å². The van der Waals surface area contributed by atoms with Crippen LogP contribution in [0.5, 0.6) is 5.75 Å². The van der Waals surface area contributed by atoms with Crippen LogP contribution in [0.25, 0.3) is 11.3 Å². The van der Waals surface area contributed by atoms with E-state index in [0.29, 0.717) is 0 Å². The van der Waals surface area contributed by atoms with Crippen molar-refractivity contribution >= 4 is 33.1 Å². The number of allylic oxidation sites excluding steroid dienone is 1. The van der Waals surface area contributed by atoms with Gasteiger partial charge in [-0.2, -0.15) is 0 Å². The van der Waals surface area contributed by atoms with Gasteiger partial charge in [-0.05, 0) is 71.7 Å². The lowest BCUT2D eigenvalue weighted by Gasteiger charge is -2.25. The van der Waals surface area contributed by atoms with Crippen LogP contribution in [0.1, 0.15) is 28.7 Å². The Kier molecular flexibility index (Phi) is 4.93. The number of fused-ring (bicyclic) bond motifs is 2. The Morgan fingerprint density at radius 3 is 2.47 bits per heavy atom. The maximum atomic E-state index is 11.6. The molecule has 0 fully saturated rings. The number of benzene rings is 3. The predicted molar refractivity (Wildman–Crippen MR) is 121 cm³/mol. The van der Waals surface area contributed by atoms with Gasteiger partial charge in [0.05, 0.1) is 4.90 Å². The minimum Gasteiger partial charge on any atom is -0.456 e. The summed E-state index contributed by atoms with van der Waals surface area (Å²) in [6.45, 7) is 0. The third kappa shape index (κ3) is 3.67. The minimum atomic E-state index is -3.73. The molecule has 0 amide bonds. The molecular formula is C24H21NO3S2. The summed E-state index contributed by atoms with van der Waals surface area (Å²) in [5, 5.41) is 5.26. The molecule has 3 aromatic carbocycles. The molecule has 30 heavy (non-hydrogen) atoms. The van der Waals surface area contributed by atoms with Crippen molar-refractivity contribution in [2.24, 2.45) is 5.14 Å². The summed E-state index contributed by atoms with van der Waals surface area (Å²) in [5.74, 6) is 2.77. The van der Waals surface area contributed by atoms with Gasteiger partial charge in [0.15, 0.2) is 0 Å². The molecule has 0 aliphatic carbocycles. The van der Waals surface area contributed by atoms with Gasteiger partial charge in [0.2, 0.25) is 10.0 Å². The van der Waals surface area contributed by atoms with E-state index in [1.54, 1.807) is 12.1 Å². The summed E-state index contributed by atoms with van der Waals surface area (Å²) in [5.41, 5.74) is 5.62. The van der Waals surface area contributed by atoms with Crippen LogP contribution in [0.3, 0.4) is 0 Å². The number of para-hydroxylation sites is 1. The number of nitrogens with two attached hydrogens (primary N) is 1. The number of ether oxygens (including phenoxy) is 1. The third-order valence-electron chi connectivity index (χ3n) is 5.53. The fraction of sp³-hybridized carbons (Fsp3) is 0.167. The SMILES string of the molecule is NS(=O)(=O)c1ccc(C2=C(c3ccc4c(c3)CCCS4)Cc3ccccc3O2)cc1. The molecule has 0 saturated heterocycles. The van der Waals surface area contributed by atoms with Crippen molar-refractivity contribution in [3.63, 3.8) is 0 Å². The van der Waals surface area contributed by atoms with E-state index in [-0.39, 0.29) is 4.90 Å². The number of rotatable bonds is 3. The molecule has 2 N–H and O–H groups in total. The van der Waals surface area contributed by atoms with Gasteiger partial charge in [0.25, 0.3) is 0 Å². The van der Waals surface area contributed by atoms with E-state index < -0.39 is 10.0 Å². The van der Waals surface area contributed by atoms with E-state index >= 15 is 0 Å². The molecule has 6 heteroatoms. The topological polar surface area (TPSA) is 69.4 Å². The smallest absolute Gasteiger partial charge is 0.238 e. The van der Waals surface area contributed by atoms with Crippen molar-refractivity contribution < 1.29 is 13.2 Å². The number of thioether (sulfide) groups is 1. The van der Waals surface area contributed by atoms with Gasteiger partial charge in [0, 0.05) is 22.5 Å². The number of hydrogen-bond donors (Lipinski definition) is 1. The second kappa shape index (κ2) is 7.61. The van der Waals surface area contributed by atoms with Crippen LogP contribution in [-0.4, -0.2) is 14.2 Å². The molecule has 2 heterocycles. The zero-order valence-corrected chi connectivity index (χ0v) is 17.9. The molecule has 0 radical (unpaired) electrons. The maximum absolute atomic E-state index is 11.6. The summed E-state index contributed by atoms with van der Waals surface area (Å²) in [7, 11) is -3.73. The standard InChI is InChI=1S/C24H21NO3S2/c25-30(26,27)20-10-7-16(8-11-20)24-21(15-18-4-1-2-6-22(18)28-24)17-9-12-23-19(14-17)5-3-13-29-23/h1-2,4,6-12,14H,3,5,13,15H2,(H2,25,26,27). The Bertz CT molecular complexity index is 1260. The molecule has 0 atom stereocenters. The van der Waals surface area contributed by atoms with Crippen LogP contribution < -0.4 is 9.88 Å². The second-order valence-corrected chi connectivity index (χ2v) is 10.2. The van der Waals surface area contributed by atoms with Gasteiger partial charge in [0.1, 0.15) is 11.5 Å². The summed E-state index contributed by atoms with van der Waals surface area (Å²) < 4.78 is 29.6. The molecular weight excluding hydrogens is 414 g/mol. The molecule has 0 unspecified atom stereocenters.